The molecule has 4 aromatic rings. The third kappa shape index (κ3) is 8.41. The van der Waals surface area contributed by atoms with Gasteiger partial charge in [-0.2, -0.15) is 0 Å². The largest absolute Gasteiger partial charge is 0.426 e. The summed E-state index contributed by atoms with van der Waals surface area (Å²) >= 11 is 0. The fraction of sp³-hybridized carbons (Fsp3) is 0.278. The van der Waals surface area contributed by atoms with E-state index in [1.807, 2.05) is 84.9 Å². The SMILES string of the molecule is CCCCC(CC)C(c1ccc(OC(=O)Cc2ccccc2)cc1)c1ccc(OC(=O)Cc2ccccc2)cc1. The molecule has 0 spiro atoms. The molecular weight excluding hydrogens is 496 g/mol. The van der Waals surface area contributed by atoms with Crippen LogP contribution < -0.4 is 9.47 Å². The molecule has 0 aromatic heterocycles. The van der Waals surface area contributed by atoms with Gasteiger partial charge >= 0.3 is 11.9 Å². The van der Waals surface area contributed by atoms with E-state index in [0.717, 1.165) is 30.4 Å². The van der Waals surface area contributed by atoms with Gasteiger partial charge in [-0.3, -0.25) is 9.59 Å². The molecule has 40 heavy (non-hydrogen) atoms. The Morgan fingerprint density at radius 3 is 1.40 bits per heavy atom. The third-order valence-electron chi connectivity index (χ3n) is 7.25. The van der Waals surface area contributed by atoms with Crippen molar-refractivity contribution in [2.24, 2.45) is 5.92 Å². The van der Waals surface area contributed by atoms with Crippen LogP contribution in [0.3, 0.4) is 0 Å². The van der Waals surface area contributed by atoms with Gasteiger partial charge in [0.1, 0.15) is 11.5 Å². The van der Waals surface area contributed by atoms with E-state index in [1.165, 1.54) is 17.5 Å². The Morgan fingerprint density at radius 1 is 0.600 bits per heavy atom. The molecule has 0 saturated heterocycles. The Hall–Kier alpha value is -4.18. The molecule has 1 atom stereocenters. The summed E-state index contributed by atoms with van der Waals surface area (Å²) in [6, 6.07) is 35.0. The summed E-state index contributed by atoms with van der Waals surface area (Å²) in [5.74, 6) is 1.18. The Labute approximate surface area is 238 Å². The molecule has 0 bridgehead atoms. The lowest BCUT2D eigenvalue weighted by Gasteiger charge is -2.28. The van der Waals surface area contributed by atoms with Crippen molar-refractivity contribution < 1.29 is 19.1 Å². The number of hydrogen-bond donors (Lipinski definition) is 0. The molecule has 4 aromatic carbocycles. The van der Waals surface area contributed by atoms with Crippen molar-refractivity contribution >= 4 is 11.9 Å². The van der Waals surface area contributed by atoms with Crippen molar-refractivity contribution in [2.75, 3.05) is 0 Å². The molecular formula is C36H38O4. The highest BCUT2D eigenvalue weighted by molar-refractivity contribution is 5.75. The van der Waals surface area contributed by atoms with Gasteiger partial charge in [0.15, 0.2) is 0 Å². The van der Waals surface area contributed by atoms with E-state index in [9.17, 15) is 9.59 Å². The normalized spacial score (nSPS) is 11.7. The summed E-state index contributed by atoms with van der Waals surface area (Å²) in [7, 11) is 0. The molecule has 0 aliphatic carbocycles. The molecule has 206 valence electrons. The lowest BCUT2D eigenvalue weighted by Crippen LogP contribution is -2.15. The Morgan fingerprint density at radius 2 is 1.02 bits per heavy atom. The maximum absolute atomic E-state index is 12.4. The van der Waals surface area contributed by atoms with Crippen LogP contribution in [0.1, 0.15) is 67.7 Å². The number of benzene rings is 4. The van der Waals surface area contributed by atoms with Crippen LogP contribution in [0.4, 0.5) is 0 Å². The van der Waals surface area contributed by atoms with E-state index in [0.29, 0.717) is 17.4 Å². The first-order chi connectivity index (χ1) is 19.6. The van der Waals surface area contributed by atoms with Gasteiger partial charge in [0.25, 0.3) is 0 Å². The molecule has 4 rings (SSSR count). The van der Waals surface area contributed by atoms with E-state index in [1.54, 1.807) is 0 Å². The van der Waals surface area contributed by atoms with Crippen molar-refractivity contribution in [1.82, 2.24) is 0 Å². The van der Waals surface area contributed by atoms with E-state index >= 15 is 0 Å². The zero-order chi connectivity index (χ0) is 28.2. The summed E-state index contributed by atoms with van der Waals surface area (Å²) in [6.07, 6.45) is 4.96. The minimum atomic E-state index is -0.276. The Bertz CT molecular complexity index is 1230. The number of rotatable bonds is 13. The first kappa shape index (κ1) is 28.8. The van der Waals surface area contributed by atoms with E-state index < -0.39 is 0 Å². The predicted molar refractivity (Wildman–Crippen MR) is 160 cm³/mol. The Balaban J connectivity index is 1.47. The predicted octanol–water partition coefficient (Wildman–Crippen LogP) is 8.33. The molecule has 0 aliphatic heterocycles. The zero-order valence-corrected chi connectivity index (χ0v) is 23.4. The van der Waals surface area contributed by atoms with E-state index in [-0.39, 0.29) is 30.7 Å². The van der Waals surface area contributed by atoms with Crippen LogP contribution in [0.15, 0.2) is 109 Å². The second kappa shape index (κ2) is 14.8. The molecule has 0 saturated carbocycles. The minimum absolute atomic E-state index is 0.180. The van der Waals surface area contributed by atoms with Gasteiger partial charge < -0.3 is 9.47 Å². The van der Waals surface area contributed by atoms with E-state index in [4.69, 9.17) is 9.47 Å². The second-order valence-corrected chi connectivity index (χ2v) is 10.2. The monoisotopic (exact) mass is 534 g/mol. The molecule has 4 heteroatoms. The summed E-state index contributed by atoms with van der Waals surface area (Å²) in [4.78, 5) is 24.9. The molecule has 4 nitrogen and oxygen atoms in total. The topological polar surface area (TPSA) is 52.6 Å². The van der Waals surface area contributed by atoms with Gasteiger partial charge in [0, 0.05) is 5.92 Å². The number of hydrogen-bond acceptors (Lipinski definition) is 4. The van der Waals surface area contributed by atoms with Gasteiger partial charge in [-0.25, -0.2) is 0 Å². The van der Waals surface area contributed by atoms with Crippen LogP contribution in [-0.4, -0.2) is 11.9 Å². The Kier molecular flexibility index (Phi) is 10.7. The maximum atomic E-state index is 12.4. The fourth-order valence-electron chi connectivity index (χ4n) is 5.16. The van der Waals surface area contributed by atoms with Crippen LogP contribution in [-0.2, 0) is 22.4 Å². The summed E-state index contributed by atoms with van der Waals surface area (Å²) in [5, 5.41) is 0. The summed E-state index contributed by atoms with van der Waals surface area (Å²) in [5.41, 5.74) is 4.22. The summed E-state index contributed by atoms with van der Waals surface area (Å²) < 4.78 is 11.2. The van der Waals surface area contributed by atoms with Crippen LogP contribution in [0, 0.1) is 5.92 Å². The standard InChI is InChI=1S/C36H38O4/c1-3-5-16-29(4-2)36(30-17-21-32(22-18-30)39-34(37)25-27-12-8-6-9-13-27)31-19-23-33(24-20-31)40-35(38)26-28-14-10-7-11-15-28/h6-15,17-24,29,36H,3-5,16,25-26H2,1-2H3. The highest BCUT2D eigenvalue weighted by Gasteiger charge is 2.24. The third-order valence-corrected chi connectivity index (χ3v) is 7.25. The van der Waals surface area contributed by atoms with Gasteiger partial charge in [-0.05, 0) is 58.9 Å². The molecule has 1 unspecified atom stereocenters. The second-order valence-electron chi connectivity index (χ2n) is 10.2. The van der Waals surface area contributed by atoms with Crippen molar-refractivity contribution in [3.8, 4) is 11.5 Å². The smallest absolute Gasteiger partial charge is 0.315 e. The molecule has 0 aliphatic rings. The lowest BCUT2D eigenvalue weighted by molar-refractivity contribution is -0.134. The molecule has 0 radical (unpaired) electrons. The van der Waals surface area contributed by atoms with Crippen molar-refractivity contribution in [1.29, 1.82) is 0 Å². The van der Waals surface area contributed by atoms with Gasteiger partial charge in [0.2, 0.25) is 0 Å². The average Bonchev–Trinajstić information content (AvgIpc) is 2.97. The van der Waals surface area contributed by atoms with Gasteiger partial charge in [-0.15, -0.1) is 0 Å². The van der Waals surface area contributed by atoms with Crippen LogP contribution >= 0.6 is 0 Å². The van der Waals surface area contributed by atoms with Gasteiger partial charge in [0.05, 0.1) is 12.8 Å². The number of carbonyl (C=O) groups is 2. The number of carbonyl (C=O) groups excluding carboxylic acids is 2. The minimum Gasteiger partial charge on any atom is -0.426 e. The molecule has 0 N–H and O–H groups in total. The number of ether oxygens (including phenoxy) is 2. The fourth-order valence-corrected chi connectivity index (χ4v) is 5.16. The molecule has 0 amide bonds. The first-order valence-electron chi connectivity index (χ1n) is 14.2. The lowest BCUT2D eigenvalue weighted by atomic mass is 9.77. The average molecular weight is 535 g/mol. The summed E-state index contributed by atoms with van der Waals surface area (Å²) in [6.45, 7) is 4.46. The number of esters is 2. The van der Waals surface area contributed by atoms with E-state index in [2.05, 4.69) is 38.1 Å². The highest BCUT2D eigenvalue weighted by Crippen LogP contribution is 2.38. The molecule has 0 fully saturated rings. The maximum Gasteiger partial charge on any atom is 0.315 e. The van der Waals surface area contributed by atoms with Crippen LogP contribution in [0.5, 0.6) is 11.5 Å². The number of unbranched alkanes of at least 4 members (excludes halogenated alkanes) is 1. The quantitative estimate of drug-likeness (QED) is 0.128. The van der Waals surface area contributed by atoms with Crippen molar-refractivity contribution in [3.63, 3.8) is 0 Å². The van der Waals surface area contributed by atoms with Crippen molar-refractivity contribution in [2.45, 2.75) is 58.3 Å². The highest BCUT2D eigenvalue weighted by atomic mass is 16.5. The van der Waals surface area contributed by atoms with Crippen LogP contribution in [0.2, 0.25) is 0 Å². The zero-order valence-electron chi connectivity index (χ0n) is 23.4. The first-order valence-corrected chi connectivity index (χ1v) is 14.2. The van der Waals surface area contributed by atoms with Gasteiger partial charge in [-0.1, -0.05) is 118 Å². The molecule has 0 heterocycles. The van der Waals surface area contributed by atoms with Crippen molar-refractivity contribution in [3.05, 3.63) is 131 Å². The van der Waals surface area contributed by atoms with Crippen LogP contribution in [0.25, 0.3) is 0 Å².